The van der Waals surface area contributed by atoms with Gasteiger partial charge in [0.25, 0.3) is 0 Å². The molecule has 2 aromatic carbocycles. The maximum absolute atomic E-state index is 14.2. The SMILES string of the molecule is O=C1OCC=NN1c1ccc(-c2cc(F)c(F)cc2F)c(F)c1. The number of hydrazone groups is 1. The first-order chi connectivity index (χ1) is 11.0. The van der Waals surface area contributed by atoms with Crippen LogP contribution in [-0.4, -0.2) is 18.9 Å². The van der Waals surface area contributed by atoms with E-state index in [9.17, 15) is 22.4 Å². The number of nitrogens with zero attached hydrogens (tertiary/aromatic N) is 2. The number of hydrogen-bond acceptors (Lipinski definition) is 3. The van der Waals surface area contributed by atoms with Gasteiger partial charge >= 0.3 is 6.09 Å². The summed E-state index contributed by atoms with van der Waals surface area (Å²) < 4.78 is 58.8. The molecule has 1 amide bonds. The van der Waals surface area contributed by atoms with E-state index in [4.69, 9.17) is 4.74 Å². The van der Waals surface area contributed by atoms with Crippen LogP contribution in [0.4, 0.5) is 28.0 Å². The topological polar surface area (TPSA) is 41.9 Å². The molecular formula is C15H8F4N2O2. The van der Waals surface area contributed by atoms with Crippen molar-refractivity contribution in [2.24, 2.45) is 5.10 Å². The van der Waals surface area contributed by atoms with Crippen LogP contribution in [0.5, 0.6) is 0 Å². The molecule has 0 aliphatic carbocycles. The lowest BCUT2D eigenvalue weighted by Gasteiger charge is -2.20. The van der Waals surface area contributed by atoms with Crippen LogP contribution in [0.25, 0.3) is 11.1 Å². The number of rotatable bonds is 2. The van der Waals surface area contributed by atoms with Gasteiger partial charge in [0.2, 0.25) is 0 Å². The molecule has 0 atom stereocenters. The molecule has 0 saturated heterocycles. The van der Waals surface area contributed by atoms with Gasteiger partial charge < -0.3 is 4.74 Å². The number of carbonyl (C=O) groups excluding carboxylic acids is 1. The highest BCUT2D eigenvalue weighted by atomic mass is 19.2. The average molecular weight is 324 g/mol. The maximum Gasteiger partial charge on any atom is 0.435 e. The summed E-state index contributed by atoms with van der Waals surface area (Å²) in [5, 5.41) is 4.57. The Labute approximate surface area is 127 Å². The van der Waals surface area contributed by atoms with Crippen molar-refractivity contribution < 1.29 is 27.1 Å². The number of halogens is 4. The first-order valence-corrected chi connectivity index (χ1v) is 6.41. The second kappa shape index (κ2) is 5.71. The molecule has 0 saturated carbocycles. The quantitative estimate of drug-likeness (QED) is 0.622. The van der Waals surface area contributed by atoms with E-state index in [0.717, 1.165) is 17.1 Å². The summed E-state index contributed by atoms with van der Waals surface area (Å²) in [6.07, 6.45) is 0.515. The second-order valence-corrected chi connectivity index (χ2v) is 4.60. The van der Waals surface area contributed by atoms with Gasteiger partial charge in [0, 0.05) is 23.3 Å². The number of amides is 1. The van der Waals surface area contributed by atoms with Gasteiger partial charge in [0.1, 0.15) is 18.2 Å². The fourth-order valence-electron chi connectivity index (χ4n) is 2.09. The highest BCUT2D eigenvalue weighted by Crippen LogP contribution is 2.30. The zero-order chi connectivity index (χ0) is 16.6. The third kappa shape index (κ3) is 2.75. The molecule has 1 aliphatic rings. The molecule has 2 aromatic rings. The van der Waals surface area contributed by atoms with E-state index >= 15 is 0 Å². The average Bonchev–Trinajstić information content (AvgIpc) is 2.52. The van der Waals surface area contributed by atoms with E-state index in [1.54, 1.807) is 0 Å². The molecule has 0 unspecified atom stereocenters. The molecule has 3 rings (SSSR count). The number of hydrogen-bond donors (Lipinski definition) is 0. The Bertz CT molecular complexity index is 823. The number of carbonyl (C=O) groups is 1. The Morgan fingerprint density at radius 1 is 0.913 bits per heavy atom. The van der Waals surface area contributed by atoms with Crippen LogP contribution < -0.4 is 5.01 Å². The summed E-state index contributed by atoms with van der Waals surface area (Å²) in [6.45, 7) is 0.00989. The van der Waals surface area contributed by atoms with Crippen LogP contribution in [-0.2, 0) is 4.74 Å². The summed E-state index contributed by atoms with van der Waals surface area (Å²) in [5.41, 5.74) is -0.660. The molecule has 0 spiro atoms. The van der Waals surface area contributed by atoms with Gasteiger partial charge in [0.15, 0.2) is 11.6 Å². The number of benzene rings is 2. The molecule has 1 aliphatic heterocycles. The smallest absolute Gasteiger partial charge is 0.435 e. The van der Waals surface area contributed by atoms with Crippen molar-refractivity contribution in [2.75, 3.05) is 11.6 Å². The fourth-order valence-corrected chi connectivity index (χ4v) is 2.09. The highest BCUT2D eigenvalue weighted by molar-refractivity contribution is 5.91. The van der Waals surface area contributed by atoms with E-state index in [-0.39, 0.29) is 17.9 Å². The van der Waals surface area contributed by atoms with E-state index in [0.29, 0.717) is 12.1 Å². The van der Waals surface area contributed by atoms with Gasteiger partial charge in [-0.05, 0) is 18.2 Å². The molecule has 0 fully saturated rings. The van der Waals surface area contributed by atoms with Crippen molar-refractivity contribution in [3.05, 3.63) is 53.6 Å². The normalized spacial score (nSPS) is 14.1. The van der Waals surface area contributed by atoms with Gasteiger partial charge in [0.05, 0.1) is 11.9 Å². The first kappa shape index (κ1) is 15.0. The predicted octanol–water partition coefficient (Wildman–Crippen LogP) is 3.85. The van der Waals surface area contributed by atoms with Crippen LogP contribution in [0.3, 0.4) is 0 Å². The van der Waals surface area contributed by atoms with Crippen molar-refractivity contribution >= 4 is 18.0 Å². The van der Waals surface area contributed by atoms with Gasteiger partial charge in [-0.1, -0.05) is 0 Å². The van der Waals surface area contributed by atoms with Crippen LogP contribution in [0.1, 0.15) is 0 Å². The van der Waals surface area contributed by atoms with Gasteiger partial charge in [-0.15, -0.1) is 0 Å². The minimum Gasteiger partial charge on any atom is -0.442 e. The van der Waals surface area contributed by atoms with Crippen molar-refractivity contribution in [3.63, 3.8) is 0 Å². The monoisotopic (exact) mass is 324 g/mol. The maximum atomic E-state index is 14.2. The highest BCUT2D eigenvalue weighted by Gasteiger charge is 2.21. The number of anilines is 1. The summed E-state index contributed by atoms with van der Waals surface area (Å²) in [4.78, 5) is 11.5. The molecule has 0 N–H and O–H groups in total. The molecule has 8 heteroatoms. The third-order valence-corrected chi connectivity index (χ3v) is 3.15. The zero-order valence-corrected chi connectivity index (χ0v) is 11.4. The first-order valence-electron chi connectivity index (χ1n) is 6.41. The van der Waals surface area contributed by atoms with Crippen LogP contribution in [0.15, 0.2) is 35.4 Å². The molecule has 0 radical (unpaired) electrons. The van der Waals surface area contributed by atoms with Crippen molar-refractivity contribution in [2.45, 2.75) is 0 Å². The predicted molar refractivity (Wildman–Crippen MR) is 74.0 cm³/mol. The van der Waals surface area contributed by atoms with E-state index in [2.05, 4.69) is 5.10 Å². The minimum atomic E-state index is -1.37. The van der Waals surface area contributed by atoms with Crippen LogP contribution in [0, 0.1) is 23.3 Å². The lowest BCUT2D eigenvalue weighted by atomic mass is 10.0. The molecule has 0 aromatic heterocycles. The summed E-state index contributed by atoms with van der Waals surface area (Å²) >= 11 is 0. The summed E-state index contributed by atoms with van der Waals surface area (Å²) in [5.74, 6) is -4.70. The molecule has 1 heterocycles. The zero-order valence-electron chi connectivity index (χ0n) is 11.4. The largest absolute Gasteiger partial charge is 0.442 e. The Hall–Kier alpha value is -2.90. The lowest BCUT2D eigenvalue weighted by Crippen LogP contribution is -2.31. The van der Waals surface area contributed by atoms with E-state index in [1.165, 1.54) is 12.3 Å². The Balaban J connectivity index is 2.03. The number of cyclic esters (lactones) is 1. The summed E-state index contributed by atoms with van der Waals surface area (Å²) in [7, 11) is 0. The molecular weight excluding hydrogens is 316 g/mol. The standard InChI is InChI=1S/C15H8F4N2O2/c16-11-5-8(21-15(22)23-4-3-20-21)1-2-9(11)10-6-13(18)14(19)7-12(10)17/h1-3,5-7H,4H2. The van der Waals surface area contributed by atoms with Crippen LogP contribution in [0.2, 0.25) is 0 Å². The second-order valence-electron chi connectivity index (χ2n) is 4.60. The van der Waals surface area contributed by atoms with Crippen molar-refractivity contribution in [1.82, 2.24) is 0 Å². The molecule has 118 valence electrons. The molecule has 4 nitrogen and oxygen atoms in total. The molecule has 0 bridgehead atoms. The fraction of sp³-hybridized carbons (Fsp3) is 0.0667. The Morgan fingerprint density at radius 2 is 1.61 bits per heavy atom. The van der Waals surface area contributed by atoms with Crippen LogP contribution >= 0.6 is 0 Å². The van der Waals surface area contributed by atoms with Gasteiger partial charge in [-0.3, -0.25) is 0 Å². The molecule has 23 heavy (non-hydrogen) atoms. The third-order valence-electron chi connectivity index (χ3n) is 3.15. The lowest BCUT2D eigenvalue weighted by molar-refractivity contribution is 0.167. The minimum absolute atomic E-state index is 0.00989. The van der Waals surface area contributed by atoms with Crippen molar-refractivity contribution in [3.8, 4) is 11.1 Å². The van der Waals surface area contributed by atoms with Gasteiger partial charge in [-0.25, -0.2) is 22.4 Å². The number of ether oxygens (including phenoxy) is 1. The Kier molecular flexibility index (Phi) is 3.73. The van der Waals surface area contributed by atoms with E-state index in [1.807, 2.05) is 0 Å². The summed E-state index contributed by atoms with van der Waals surface area (Å²) in [6, 6.07) is 4.24. The van der Waals surface area contributed by atoms with Crippen molar-refractivity contribution in [1.29, 1.82) is 0 Å². The van der Waals surface area contributed by atoms with E-state index < -0.39 is 34.9 Å². The van der Waals surface area contributed by atoms with Gasteiger partial charge in [-0.2, -0.15) is 10.1 Å². The Morgan fingerprint density at radius 3 is 2.30 bits per heavy atom.